The van der Waals surface area contributed by atoms with Crippen LogP contribution in [0.15, 0.2) is 218 Å². The average Bonchev–Trinajstić information content (AvgIpc) is 3.40. The van der Waals surface area contributed by atoms with E-state index >= 15 is 0 Å². The van der Waals surface area contributed by atoms with Gasteiger partial charge in [0, 0.05) is 0 Å². The van der Waals surface area contributed by atoms with Crippen molar-refractivity contribution in [2.45, 2.75) is 0 Å². The van der Waals surface area contributed by atoms with Gasteiger partial charge in [0.25, 0.3) is 0 Å². The molecule has 0 radical (unpaired) electrons. The minimum Gasteiger partial charge on any atom is -0.245 e. The van der Waals surface area contributed by atoms with Gasteiger partial charge in [-0.05, 0) is 181 Å². The van der Waals surface area contributed by atoms with Crippen molar-refractivity contribution in [3.8, 4) is 0 Å². The van der Waals surface area contributed by atoms with E-state index in [9.17, 15) is 0 Å². The number of aromatic nitrogens is 2. The maximum atomic E-state index is 5.56. The molecular weight excluding hydrogens is 845 g/mol. The minimum absolute atomic E-state index is 0.775. The number of nitrogens with zero attached hydrogens (tertiary/aromatic N) is 2. The lowest BCUT2D eigenvalue weighted by atomic mass is 9.98. The van der Waals surface area contributed by atoms with Crippen LogP contribution >= 0.6 is 0 Å². The summed E-state index contributed by atoms with van der Waals surface area (Å²) in [5.41, 5.74) is 7.58. The molecule has 2 heteroatoms. The van der Waals surface area contributed by atoms with Gasteiger partial charge in [0.05, 0.1) is 22.8 Å². The van der Waals surface area contributed by atoms with Crippen molar-refractivity contribution >= 4 is 135 Å². The Morgan fingerprint density at radius 2 is 0.386 bits per heavy atom. The molecule has 13 rings (SSSR count). The van der Waals surface area contributed by atoms with Crippen molar-refractivity contribution in [1.82, 2.24) is 9.97 Å². The van der Waals surface area contributed by atoms with Gasteiger partial charge in [-0.15, -0.1) is 0 Å². The summed E-state index contributed by atoms with van der Waals surface area (Å²) in [6.45, 7) is 0. The Hall–Kier alpha value is -9.24. The normalized spacial score (nSPS) is 12.3. The Morgan fingerprint density at radius 3 is 0.614 bits per heavy atom. The van der Waals surface area contributed by atoms with E-state index in [-0.39, 0.29) is 0 Å². The molecule has 12 aromatic carbocycles. The SMILES string of the molecule is C(=Cc1cccc2cc3ccccc3cc12)c1nc(C=Cc2cccc3cc4ccccc4cc23)c(C=Cc2cccc3cc4ccccc4cc23)nc1C=Cc1cccc2cc3ccccc3cc12. The maximum absolute atomic E-state index is 5.56. The Labute approximate surface area is 406 Å². The summed E-state index contributed by atoms with van der Waals surface area (Å²) >= 11 is 0. The van der Waals surface area contributed by atoms with Crippen LogP contribution < -0.4 is 0 Å². The van der Waals surface area contributed by atoms with Crippen LogP contribution in [-0.2, 0) is 0 Å². The maximum Gasteiger partial charge on any atom is 0.0894 e. The summed E-state index contributed by atoms with van der Waals surface area (Å²) in [6.07, 6.45) is 17.3. The Kier molecular flexibility index (Phi) is 10.2. The molecule has 70 heavy (non-hydrogen) atoms. The molecule has 0 atom stereocenters. The second kappa shape index (κ2) is 17.4. The van der Waals surface area contributed by atoms with E-state index in [0.717, 1.165) is 45.0 Å². The highest BCUT2D eigenvalue weighted by molar-refractivity contribution is 6.06. The first-order valence-electron chi connectivity index (χ1n) is 23.9. The van der Waals surface area contributed by atoms with E-state index in [1.54, 1.807) is 0 Å². The van der Waals surface area contributed by atoms with Crippen LogP contribution in [0.5, 0.6) is 0 Å². The molecule has 0 aliphatic heterocycles. The molecule has 0 N–H and O–H groups in total. The van der Waals surface area contributed by atoms with Gasteiger partial charge >= 0.3 is 0 Å². The largest absolute Gasteiger partial charge is 0.245 e. The van der Waals surface area contributed by atoms with E-state index in [2.05, 4.69) is 267 Å². The summed E-state index contributed by atoms with van der Waals surface area (Å²) in [7, 11) is 0. The fourth-order valence-corrected chi connectivity index (χ4v) is 10.2. The number of benzene rings is 12. The highest BCUT2D eigenvalue weighted by atomic mass is 14.8. The van der Waals surface area contributed by atoms with Gasteiger partial charge in [-0.25, -0.2) is 9.97 Å². The molecule has 0 bridgehead atoms. The van der Waals surface area contributed by atoms with E-state index in [1.165, 1.54) is 86.2 Å². The van der Waals surface area contributed by atoms with Gasteiger partial charge in [-0.3, -0.25) is 0 Å². The lowest BCUT2D eigenvalue weighted by molar-refractivity contribution is 1.12. The average molecular weight is 889 g/mol. The number of fused-ring (bicyclic) bond motifs is 8. The summed E-state index contributed by atoms with van der Waals surface area (Å²) in [5, 5.41) is 19.3. The quantitative estimate of drug-likeness (QED) is 0.142. The van der Waals surface area contributed by atoms with Crippen molar-refractivity contribution in [2.24, 2.45) is 0 Å². The lowest BCUT2D eigenvalue weighted by Gasteiger charge is -2.10. The van der Waals surface area contributed by atoms with Crippen LogP contribution in [0.1, 0.15) is 45.0 Å². The number of hydrogen-bond donors (Lipinski definition) is 0. The first kappa shape index (κ1) is 41.0. The number of hydrogen-bond acceptors (Lipinski definition) is 2. The second-order valence-corrected chi connectivity index (χ2v) is 18.2. The summed E-state index contributed by atoms with van der Waals surface area (Å²) in [4.78, 5) is 11.1. The van der Waals surface area contributed by atoms with Gasteiger partial charge in [0.15, 0.2) is 0 Å². The van der Waals surface area contributed by atoms with Gasteiger partial charge in [0.2, 0.25) is 0 Å². The highest BCUT2D eigenvalue weighted by Gasteiger charge is 2.12. The zero-order chi connectivity index (χ0) is 46.4. The van der Waals surface area contributed by atoms with Crippen molar-refractivity contribution in [3.05, 3.63) is 263 Å². The molecule has 0 saturated heterocycles. The predicted octanol–water partition coefficient (Wildman–Crippen LogP) is 18.4. The van der Waals surface area contributed by atoms with Crippen LogP contribution in [-0.4, -0.2) is 9.97 Å². The molecule has 0 spiro atoms. The van der Waals surface area contributed by atoms with Crippen LogP contribution in [0, 0.1) is 0 Å². The minimum atomic E-state index is 0.775. The van der Waals surface area contributed by atoms with Gasteiger partial charge < -0.3 is 0 Å². The molecule has 0 unspecified atom stereocenters. The van der Waals surface area contributed by atoms with Crippen LogP contribution in [0.4, 0.5) is 0 Å². The Bertz CT molecular complexity index is 3800. The van der Waals surface area contributed by atoms with E-state index in [1.807, 2.05) is 0 Å². The smallest absolute Gasteiger partial charge is 0.0894 e. The highest BCUT2D eigenvalue weighted by Crippen LogP contribution is 2.32. The molecule has 0 fully saturated rings. The lowest BCUT2D eigenvalue weighted by Crippen LogP contribution is -2.00. The summed E-state index contributed by atoms with van der Waals surface area (Å²) in [6, 6.07) is 78.7. The third-order valence-corrected chi connectivity index (χ3v) is 13.8. The molecule has 0 amide bonds. The second-order valence-electron chi connectivity index (χ2n) is 18.2. The third-order valence-electron chi connectivity index (χ3n) is 13.8. The zero-order valence-corrected chi connectivity index (χ0v) is 38.3. The van der Waals surface area contributed by atoms with Crippen molar-refractivity contribution in [3.63, 3.8) is 0 Å². The molecular formula is C68H44N2. The zero-order valence-electron chi connectivity index (χ0n) is 38.3. The summed E-state index contributed by atoms with van der Waals surface area (Å²) < 4.78 is 0. The van der Waals surface area contributed by atoms with Crippen molar-refractivity contribution < 1.29 is 0 Å². The van der Waals surface area contributed by atoms with E-state index in [4.69, 9.17) is 9.97 Å². The molecule has 1 aromatic heterocycles. The molecule has 0 aliphatic rings. The number of rotatable bonds is 8. The molecule has 13 aromatic rings. The molecule has 326 valence electrons. The fraction of sp³-hybridized carbons (Fsp3) is 0. The van der Waals surface area contributed by atoms with E-state index < -0.39 is 0 Å². The predicted molar refractivity (Wildman–Crippen MR) is 304 cm³/mol. The van der Waals surface area contributed by atoms with Crippen molar-refractivity contribution in [1.29, 1.82) is 0 Å². The topological polar surface area (TPSA) is 25.8 Å². The van der Waals surface area contributed by atoms with E-state index in [0.29, 0.717) is 0 Å². The first-order chi connectivity index (χ1) is 34.6. The van der Waals surface area contributed by atoms with Crippen molar-refractivity contribution in [2.75, 3.05) is 0 Å². The molecule has 0 saturated carbocycles. The fourth-order valence-electron chi connectivity index (χ4n) is 10.2. The molecule has 2 nitrogen and oxygen atoms in total. The summed E-state index contributed by atoms with van der Waals surface area (Å²) in [5.74, 6) is 0. The Morgan fingerprint density at radius 1 is 0.186 bits per heavy atom. The molecule has 0 aliphatic carbocycles. The standard InChI is InChI=1S/C68H44N2/c1-5-17-53-41-61-45(21-9-25-57(61)37-49(53)13-1)29-33-65-66(34-30-46-22-10-26-58-38-50-14-2-6-18-54(50)42-62(46)58)70-68(36-32-48-24-12-28-60-40-52-16-4-8-20-56(52)44-64(48)60)67(69-65)35-31-47-23-11-27-59-39-51-15-3-7-19-55(51)43-63(47)59/h1-44H. The first-order valence-corrected chi connectivity index (χ1v) is 23.9. The third kappa shape index (κ3) is 7.78. The van der Waals surface area contributed by atoms with Crippen LogP contribution in [0.3, 0.4) is 0 Å². The molecule has 1 heterocycles. The van der Waals surface area contributed by atoms with Gasteiger partial charge in [0.1, 0.15) is 0 Å². The van der Waals surface area contributed by atoms with Crippen LogP contribution in [0.25, 0.3) is 135 Å². The monoisotopic (exact) mass is 888 g/mol. The Balaban J connectivity index is 1.00. The van der Waals surface area contributed by atoms with Gasteiger partial charge in [-0.2, -0.15) is 0 Å². The van der Waals surface area contributed by atoms with Crippen LogP contribution in [0.2, 0.25) is 0 Å². The van der Waals surface area contributed by atoms with Gasteiger partial charge in [-0.1, -0.05) is 194 Å².